The highest BCUT2D eigenvalue weighted by Crippen LogP contribution is 2.29. The predicted molar refractivity (Wildman–Crippen MR) is 546 cm³/mol. The van der Waals surface area contributed by atoms with Gasteiger partial charge in [-0.2, -0.15) is 0 Å². The molecule has 2 rings (SSSR count). The van der Waals surface area contributed by atoms with Crippen LogP contribution in [0.25, 0.3) is 0 Å². The number of rotatable bonds is 55. The van der Waals surface area contributed by atoms with E-state index in [2.05, 4.69) is 277 Å². The zero-order valence-corrected chi connectivity index (χ0v) is 81.9. The number of esters is 3. The molecule has 0 aliphatic rings. The van der Waals surface area contributed by atoms with E-state index in [1.807, 2.05) is 101 Å². The summed E-state index contributed by atoms with van der Waals surface area (Å²) in [5.41, 5.74) is -1.40. The molecular weight excluding hydrogens is 1550 g/mol. The van der Waals surface area contributed by atoms with Crippen molar-refractivity contribution in [2.45, 2.75) is 335 Å². The van der Waals surface area contributed by atoms with Crippen LogP contribution in [-0.4, -0.2) is 51.6 Å². The number of Topliss-reactive ketones (excluding diaryl/α,β-unsaturated/α-hetero) is 3. The maximum Gasteiger partial charge on any atom is 0.347 e. The summed E-state index contributed by atoms with van der Waals surface area (Å²) in [6, 6.07) is 12.7. The lowest BCUT2D eigenvalue weighted by atomic mass is 9.86. The van der Waals surface area contributed by atoms with Crippen molar-refractivity contribution in [3.8, 4) is 11.5 Å². The minimum Gasteiger partial charge on any atom is -0.507 e. The Kier molecular flexibility index (Phi) is 78.1. The third kappa shape index (κ3) is 86.1. The zero-order valence-electron chi connectivity index (χ0n) is 81.9. The highest BCUT2D eigenvalue weighted by Gasteiger charge is 2.27. The molecule has 0 aliphatic carbocycles. The van der Waals surface area contributed by atoms with Gasteiger partial charge in [0, 0.05) is 35.5 Å². The van der Waals surface area contributed by atoms with E-state index < -0.39 is 17.0 Å². The van der Waals surface area contributed by atoms with E-state index in [-0.39, 0.29) is 57.0 Å². The van der Waals surface area contributed by atoms with E-state index >= 15 is 0 Å². The molecule has 2 aromatic rings. The number of para-hydroxylation sites is 2. The zero-order chi connectivity index (χ0) is 94.4. The topological polar surface area (TPSA) is 150 Å². The molecule has 0 unspecified atom stereocenters. The smallest absolute Gasteiger partial charge is 0.347 e. The van der Waals surface area contributed by atoms with Gasteiger partial charge < -0.3 is 19.3 Å². The highest BCUT2D eigenvalue weighted by molar-refractivity contribution is 6.03. The van der Waals surface area contributed by atoms with Crippen molar-refractivity contribution in [2.75, 3.05) is 0 Å². The number of carbonyl (C=O) groups is 6. The fraction of sp³-hybridized carbons (Fsp3) is 0.466. The van der Waals surface area contributed by atoms with Gasteiger partial charge in [0.05, 0.1) is 12.0 Å². The molecule has 0 aromatic heterocycles. The Bertz CT molecular complexity index is 3890. The molecule has 0 bridgehead atoms. The van der Waals surface area contributed by atoms with Gasteiger partial charge in [-0.1, -0.05) is 382 Å². The second kappa shape index (κ2) is 81.9. The van der Waals surface area contributed by atoms with E-state index in [0.29, 0.717) is 37.0 Å². The average molecular weight is 1720 g/mol. The number of ketones is 3. The first-order valence-corrected chi connectivity index (χ1v) is 46.6. The molecule has 0 saturated carbocycles. The molecule has 0 amide bonds. The van der Waals surface area contributed by atoms with Crippen LogP contribution in [0.5, 0.6) is 11.5 Å². The van der Waals surface area contributed by atoms with Crippen molar-refractivity contribution in [3.05, 3.63) is 327 Å². The van der Waals surface area contributed by atoms with Gasteiger partial charge in [0.1, 0.15) is 39.8 Å². The van der Waals surface area contributed by atoms with E-state index in [4.69, 9.17) is 14.2 Å². The largest absolute Gasteiger partial charge is 0.507 e. The molecule has 2 aromatic carbocycles. The summed E-state index contributed by atoms with van der Waals surface area (Å²) in [6.45, 7) is 37.2. The van der Waals surface area contributed by atoms with Crippen LogP contribution in [0.4, 0.5) is 0 Å². The van der Waals surface area contributed by atoms with Crippen molar-refractivity contribution in [1.82, 2.24) is 0 Å². The number of ether oxygens (including phenoxy) is 3. The molecule has 0 fully saturated rings. The van der Waals surface area contributed by atoms with Crippen LogP contribution >= 0.6 is 0 Å². The summed E-state index contributed by atoms with van der Waals surface area (Å²) >= 11 is 0. The molecule has 0 radical (unpaired) electrons. The Balaban J connectivity index is -0.00000150. The molecule has 126 heavy (non-hydrogen) atoms. The molecular formula is C116H170O10. The van der Waals surface area contributed by atoms with E-state index in [1.54, 1.807) is 57.2 Å². The molecule has 0 aliphatic heterocycles. The Morgan fingerprint density at radius 2 is 0.516 bits per heavy atom. The van der Waals surface area contributed by atoms with Crippen LogP contribution in [0, 0.1) is 16.2 Å². The molecule has 10 nitrogen and oxygen atoms in total. The monoisotopic (exact) mass is 1720 g/mol. The second-order valence-electron chi connectivity index (χ2n) is 34.9. The molecule has 694 valence electrons. The number of hydrogen-bond donors (Lipinski definition) is 1. The lowest BCUT2D eigenvalue weighted by Crippen LogP contribution is -2.23. The number of allylic oxidation sites excluding steroid dienone is 43. The molecule has 10 heteroatoms. The quantitative estimate of drug-likeness (QED) is 0.0223. The Morgan fingerprint density at radius 1 is 0.270 bits per heavy atom. The van der Waals surface area contributed by atoms with Crippen LogP contribution in [0.15, 0.2) is 316 Å². The predicted octanol–water partition coefficient (Wildman–Crippen LogP) is 33.7. The minimum absolute atomic E-state index is 0.0560. The van der Waals surface area contributed by atoms with Gasteiger partial charge in [0.25, 0.3) is 0 Å². The molecule has 1 N–H and O–H groups in total. The van der Waals surface area contributed by atoms with Crippen molar-refractivity contribution >= 4 is 35.3 Å². The van der Waals surface area contributed by atoms with Crippen LogP contribution in [0.3, 0.4) is 0 Å². The third-order valence-corrected chi connectivity index (χ3v) is 17.3. The van der Waals surface area contributed by atoms with Gasteiger partial charge in [-0.3, -0.25) is 24.0 Å². The summed E-state index contributed by atoms with van der Waals surface area (Å²) in [5, 5.41) is 9.70. The van der Waals surface area contributed by atoms with Crippen LogP contribution in [0.1, 0.15) is 345 Å². The normalized spacial score (nSPS) is 13.0. The summed E-state index contributed by atoms with van der Waals surface area (Å²) < 4.78 is 15.8. The van der Waals surface area contributed by atoms with Gasteiger partial charge in [-0.25, -0.2) is 4.79 Å². The summed E-state index contributed by atoms with van der Waals surface area (Å²) in [4.78, 5) is 71.2. The fourth-order valence-corrected chi connectivity index (χ4v) is 10.3. The Morgan fingerprint density at radius 3 is 0.794 bits per heavy atom. The van der Waals surface area contributed by atoms with Crippen LogP contribution in [-0.2, 0) is 28.7 Å². The Labute approximate surface area is 768 Å². The summed E-state index contributed by atoms with van der Waals surface area (Å²) in [6.07, 6.45) is 124. The average Bonchev–Trinajstić information content (AvgIpc) is 0.817. The first-order chi connectivity index (χ1) is 60.2. The van der Waals surface area contributed by atoms with Gasteiger partial charge >= 0.3 is 17.9 Å². The van der Waals surface area contributed by atoms with Crippen molar-refractivity contribution in [1.29, 1.82) is 0 Å². The van der Waals surface area contributed by atoms with E-state index in [0.717, 1.165) is 167 Å². The molecule has 0 atom stereocenters. The SMILES string of the molecule is CC(C)(C)C(=O)c1ccccc1OC(=O)c1ccccc1O.CC/C=C\C/C=C\C/C=C\C/C=C\C/C=C\C/C=C\CC(=O)C(C)(C)C.CC/C=C\C/C=C\C/C=C\C/C=C\C/C=C\C/C=C\CC(=O)OC(C)(C)C.CC/C=C\C/C=C\C/C=C\C/C=C\C/C=C\CCCC(=O)C(C)(C)C.CC/C=C\C/C=C\C/C=C\C/C=C\C/C=C\CCCC(=O)OC(C)(C)C. The number of phenols is 1. The van der Waals surface area contributed by atoms with Gasteiger partial charge in [-0.05, 0) is 233 Å². The van der Waals surface area contributed by atoms with Crippen molar-refractivity contribution < 1.29 is 48.1 Å². The number of unbranched alkanes of at least 4 members (excludes halogenated alkanes) is 2. The highest BCUT2D eigenvalue weighted by atomic mass is 16.6. The molecule has 0 heterocycles. The van der Waals surface area contributed by atoms with Gasteiger partial charge in [0.2, 0.25) is 0 Å². The first kappa shape index (κ1) is 120. The Hall–Kier alpha value is -10.1. The lowest BCUT2D eigenvalue weighted by Gasteiger charge is -2.19. The first-order valence-electron chi connectivity index (χ1n) is 46.6. The maximum atomic E-state index is 12.4. The molecule has 0 saturated heterocycles. The fourth-order valence-electron chi connectivity index (χ4n) is 10.3. The van der Waals surface area contributed by atoms with E-state index in [1.165, 1.54) is 12.1 Å². The number of aromatic hydroxyl groups is 1. The standard InChI is InChI=1S/C25H38O2.C25H38O.C24H38O2.C24H38O.C18H18O4/c1-5-6-7-8-9-10-11-12-13-14-15-16-17-18-19-20-21-22-23-24(26)27-25(2,3)4;1-5-6-7-8-9-10-11-12-13-14-15-16-17-18-19-20-21-22-23-24(26)25(2,3)4;1-5-6-7-8-9-10-11-12-13-14-15-16-17-18-19-20-21-22-23(25)26-24(2,3)4;1-5-6-7-8-9-10-11-12-13-14-15-16-17-18-19-20-21-22-23(25)24(2,3)4;1-18(2,3)16(20)13-9-5-7-11-15(13)22-17(21)12-8-4-6-10-14(12)19/h6-7,9-10,12-13,15-16,18-19,21-22H,5,8,11,14,17,20,23H2,1-4H3;6-7,9-10,12-13,15-16,18-19,21-22H,5,8,11,14,17,20,23H2,1-4H3;6-7,9-10,12-13,15-16,18-19H,5,8,11,14,17,20-22H2,1-4H3;6-7,9-10,12-13,15-16,18-19H,5,8,11,14,17,20-22H2,1-4H3;4-11,19H,1-3H3/b2*7-6-,10-9-,13-12-,16-15-,19-18-,22-21-;2*7-6-,10-9-,13-12-,16-15-,19-18-;. The van der Waals surface area contributed by atoms with Gasteiger partial charge in [-0.15, -0.1) is 0 Å². The third-order valence-electron chi connectivity index (χ3n) is 17.3. The number of hydrogen-bond acceptors (Lipinski definition) is 10. The van der Waals surface area contributed by atoms with Crippen molar-refractivity contribution in [2.24, 2.45) is 16.2 Å². The second-order valence-corrected chi connectivity index (χ2v) is 34.9. The van der Waals surface area contributed by atoms with Crippen LogP contribution < -0.4 is 4.74 Å². The minimum atomic E-state index is -0.702. The van der Waals surface area contributed by atoms with E-state index in [9.17, 15) is 33.9 Å². The van der Waals surface area contributed by atoms with Crippen LogP contribution in [0.2, 0.25) is 0 Å². The number of carbonyl (C=O) groups excluding carboxylic acids is 6. The lowest BCUT2D eigenvalue weighted by molar-refractivity contribution is -0.155. The summed E-state index contributed by atoms with van der Waals surface area (Å²) in [5.74, 6) is -0.423. The number of benzene rings is 2. The maximum absolute atomic E-state index is 12.4. The molecule has 0 spiro atoms. The van der Waals surface area contributed by atoms with Gasteiger partial charge in [0.15, 0.2) is 5.78 Å². The summed E-state index contributed by atoms with van der Waals surface area (Å²) in [7, 11) is 0. The van der Waals surface area contributed by atoms with Crippen molar-refractivity contribution in [3.63, 3.8) is 0 Å². The number of phenolic OH excluding ortho intramolecular Hbond substituents is 1.